The van der Waals surface area contributed by atoms with Gasteiger partial charge in [-0.2, -0.15) is 0 Å². The van der Waals surface area contributed by atoms with Gasteiger partial charge in [-0.15, -0.1) is 0 Å². The maximum Gasteiger partial charge on any atom is 0.123 e. The van der Waals surface area contributed by atoms with Gasteiger partial charge in [-0.25, -0.2) is 4.39 Å². The van der Waals surface area contributed by atoms with Crippen LogP contribution in [0.3, 0.4) is 0 Å². The van der Waals surface area contributed by atoms with Gasteiger partial charge >= 0.3 is 0 Å². The first-order valence-electron chi connectivity index (χ1n) is 7.24. The van der Waals surface area contributed by atoms with E-state index in [0.717, 1.165) is 19.5 Å². The summed E-state index contributed by atoms with van der Waals surface area (Å²) in [7, 11) is 0. The minimum atomic E-state index is -0.158. The summed E-state index contributed by atoms with van der Waals surface area (Å²) >= 11 is 0. The topological polar surface area (TPSA) is 12.0 Å². The zero-order valence-electron chi connectivity index (χ0n) is 13.0. The lowest BCUT2D eigenvalue weighted by atomic mass is 9.77. The Morgan fingerprint density at radius 2 is 1.63 bits per heavy atom. The fraction of sp³-hybridized carbons (Fsp3) is 0.647. The molecule has 0 radical (unpaired) electrons. The van der Waals surface area contributed by atoms with E-state index in [1.807, 2.05) is 12.1 Å². The number of halogens is 1. The molecule has 0 aliphatic heterocycles. The first-order valence-corrected chi connectivity index (χ1v) is 7.24. The van der Waals surface area contributed by atoms with Crippen LogP contribution in [0.4, 0.5) is 4.39 Å². The third-order valence-corrected chi connectivity index (χ3v) is 3.56. The summed E-state index contributed by atoms with van der Waals surface area (Å²) in [5, 5.41) is 3.55. The normalized spacial score (nSPS) is 13.8. The summed E-state index contributed by atoms with van der Waals surface area (Å²) < 4.78 is 12.9. The van der Waals surface area contributed by atoms with E-state index in [4.69, 9.17) is 0 Å². The van der Waals surface area contributed by atoms with Crippen LogP contribution in [0.15, 0.2) is 24.3 Å². The summed E-state index contributed by atoms with van der Waals surface area (Å²) in [5.74, 6) is 1.07. The Balaban J connectivity index is 2.62. The molecular formula is C17H28FN. The van der Waals surface area contributed by atoms with E-state index >= 15 is 0 Å². The van der Waals surface area contributed by atoms with Crippen molar-refractivity contribution in [3.63, 3.8) is 0 Å². The van der Waals surface area contributed by atoms with Crippen molar-refractivity contribution < 1.29 is 4.39 Å². The van der Waals surface area contributed by atoms with Crippen molar-refractivity contribution in [3.8, 4) is 0 Å². The average Bonchev–Trinajstić information content (AvgIpc) is 2.28. The van der Waals surface area contributed by atoms with Gasteiger partial charge < -0.3 is 5.32 Å². The molecule has 0 aromatic heterocycles. The fourth-order valence-electron chi connectivity index (χ4n) is 2.14. The second-order valence-corrected chi connectivity index (χ2v) is 6.95. The summed E-state index contributed by atoms with van der Waals surface area (Å²) in [5.41, 5.74) is 1.46. The molecule has 1 rings (SSSR count). The molecule has 1 unspecified atom stereocenters. The lowest BCUT2D eigenvalue weighted by Gasteiger charge is -2.31. The molecule has 1 atom stereocenters. The van der Waals surface area contributed by atoms with Gasteiger partial charge in [0.15, 0.2) is 0 Å². The van der Waals surface area contributed by atoms with E-state index in [2.05, 4.69) is 39.9 Å². The minimum absolute atomic E-state index is 0.158. The van der Waals surface area contributed by atoms with E-state index in [9.17, 15) is 4.39 Å². The molecule has 0 saturated carbocycles. The van der Waals surface area contributed by atoms with E-state index in [-0.39, 0.29) is 11.2 Å². The predicted octanol–water partition coefficient (Wildman–Crippen LogP) is 4.28. The zero-order chi connectivity index (χ0) is 14.5. The van der Waals surface area contributed by atoms with Crippen LogP contribution >= 0.6 is 0 Å². The molecule has 0 heterocycles. The van der Waals surface area contributed by atoms with Crippen LogP contribution in [0.2, 0.25) is 0 Å². The molecule has 2 heteroatoms. The van der Waals surface area contributed by atoms with Crippen molar-refractivity contribution >= 4 is 0 Å². The largest absolute Gasteiger partial charge is 0.316 e. The minimum Gasteiger partial charge on any atom is -0.316 e. The molecule has 1 nitrogen and oxygen atoms in total. The molecule has 0 spiro atoms. The Morgan fingerprint density at radius 3 is 2.11 bits per heavy atom. The highest BCUT2D eigenvalue weighted by molar-refractivity contribution is 5.17. The molecule has 0 aliphatic carbocycles. The van der Waals surface area contributed by atoms with E-state index in [1.54, 1.807) is 12.1 Å². The number of benzene rings is 1. The van der Waals surface area contributed by atoms with E-state index in [0.29, 0.717) is 11.8 Å². The van der Waals surface area contributed by atoms with Crippen molar-refractivity contribution in [2.24, 2.45) is 17.3 Å². The molecule has 0 bridgehead atoms. The Hall–Kier alpha value is -0.890. The van der Waals surface area contributed by atoms with Crippen LogP contribution in [0.25, 0.3) is 0 Å². The third kappa shape index (κ3) is 6.20. The van der Waals surface area contributed by atoms with Crippen LogP contribution in [-0.4, -0.2) is 13.1 Å². The second-order valence-electron chi connectivity index (χ2n) is 6.95. The highest BCUT2D eigenvalue weighted by Crippen LogP contribution is 2.28. The van der Waals surface area contributed by atoms with Gasteiger partial charge in [0.25, 0.3) is 0 Å². The molecule has 1 aromatic rings. The number of hydrogen-bond donors (Lipinski definition) is 1. The van der Waals surface area contributed by atoms with E-state index < -0.39 is 0 Å². The van der Waals surface area contributed by atoms with Crippen LogP contribution in [0.1, 0.15) is 40.2 Å². The van der Waals surface area contributed by atoms with Gasteiger partial charge in [0.05, 0.1) is 0 Å². The quantitative estimate of drug-likeness (QED) is 0.809. The van der Waals surface area contributed by atoms with Crippen molar-refractivity contribution in [2.45, 2.75) is 41.0 Å². The van der Waals surface area contributed by atoms with Crippen LogP contribution in [0.5, 0.6) is 0 Å². The van der Waals surface area contributed by atoms with Gasteiger partial charge in [0.1, 0.15) is 5.82 Å². The molecule has 0 amide bonds. The van der Waals surface area contributed by atoms with Crippen LogP contribution in [-0.2, 0) is 6.42 Å². The molecule has 108 valence electrons. The number of nitrogens with one attached hydrogen (secondary N) is 1. The van der Waals surface area contributed by atoms with Crippen molar-refractivity contribution in [1.82, 2.24) is 5.32 Å². The highest BCUT2D eigenvalue weighted by atomic mass is 19.1. The van der Waals surface area contributed by atoms with Crippen molar-refractivity contribution in [1.29, 1.82) is 0 Å². The summed E-state index contributed by atoms with van der Waals surface area (Å²) in [4.78, 5) is 0. The fourth-order valence-corrected chi connectivity index (χ4v) is 2.14. The lowest BCUT2D eigenvalue weighted by molar-refractivity contribution is 0.228. The summed E-state index contributed by atoms with van der Waals surface area (Å²) in [6.07, 6.45) is 0.995. The van der Waals surface area contributed by atoms with Gasteiger partial charge in [-0.3, -0.25) is 0 Å². The number of rotatable bonds is 6. The predicted molar refractivity (Wildman–Crippen MR) is 80.8 cm³/mol. The Morgan fingerprint density at radius 1 is 1.05 bits per heavy atom. The van der Waals surface area contributed by atoms with E-state index in [1.165, 1.54) is 5.56 Å². The molecule has 1 N–H and O–H groups in total. The molecule has 1 aromatic carbocycles. The summed E-state index contributed by atoms with van der Waals surface area (Å²) in [6.45, 7) is 13.3. The Kier molecular flexibility index (Phi) is 5.99. The maximum absolute atomic E-state index is 12.9. The first-order chi connectivity index (χ1) is 8.79. The second kappa shape index (κ2) is 7.04. The molecule has 0 fully saturated rings. The SMILES string of the molecule is CC(C)CNCC(Cc1ccc(F)cc1)C(C)(C)C. The van der Waals surface area contributed by atoms with Gasteiger partial charge in [0.2, 0.25) is 0 Å². The van der Waals surface area contributed by atoms with Crippen molar-refractivity contribution in [3.05, 3.63) is 35.6 Å². The first kappa shape index (κ1) is 16.2. The highest BCUT2D eigenvalue weighted by Gasteiger charge is 2.24. The van der Waals surface area contributed by atoms with Gasteiger partial charge in [0, 0.05) is 0 Å². The average molecular weight is 265 g/mol. The molecule has 0 aliphatic rings. The smallest absolute Gasteiger partial charge is 0.123 e. The summed E-state index contributed by atoms with van der Waals surface area (Å²) in [6, 6.07) is 6.90. The number of hydrogen-bond acceptors (Lipinski definition) is 1. The molecule has 0 saturated heterocycles. The molecular weight excluding hydrogens is 237 g/mol. The van der Waals surface area contributed by atoms with Crippen LogP contribution in [0, 0.1) is 23.1 Å². The lowest BCUT2D eigenvalue weighted by Crippen LogP contribution is -2.35. The van der Waals surface area contributed by atoms with Gasteiger partial charge in [-0.05, 0) is 54.5 Å². The Labute approximate surface area is 117 Å². The Bertz CT molecular complexity index is 362. The van der Waals surface area contributed by atoms with Crippen molar-refractivity contribution in [2.75, 3.05) is 13.1 Å². The standard InChI is InChI=1S/C17H28FN/c1-13(2)11-19-12-15(17(3,4)5)10-14-6-8-16(18)9-7-14/h6-9,13,15,19H,10-12H2,1-5H3. The zero-order valence-corrected chi connectivity index (χ0v) is 13.0. The monoisotopic (exact) mass is 265 g/mol. The van der Waals surface area contributed by atoms with Gasteiger partial charge in [-0.1, -0.05) is 46.8 Å². The van der Waals surface area contributed by atoms with Crippen LogP contribution < -0.4 is 5.32 Å². The molecule has 19 heavy (non-hydrogen) atoms. The maximum atomic E-state index is 12.9. The third-order valence-electron chi connectivity index (χ3n) is 3.56.